The lowest BCUT2D eigenvalue weighted by Gasteiger charge is -2.23. The van der Waals surface area contributed by atoms with Gasteiger partial charge in [-0.1, -0.05) is 30.3 Å². The van der Waals surface area contributed by atoms with E-state index in [2.05, 4.69) is 10.1 Å². The number of aliphatic hydroxyl groups excluding tert-OH is 1. The molecule has 2 aromatic rings. The molecule has 1 heterocycles. The van der Waals surface area contributed by atoms with Crippen molar-refractivity contribution in [2.75, 3.05) is 13.2 Å². The van der Waals surface area contributed by atoms with Crippen molar-refractivity contribution in [3.05, 3.63) is 59.7 Å². The second kappa shape index (κ2) is 8.66. The van der Waals surface area contributed by atoms with Crippen molar-refractivity contribution in [1.29, 1.82) is 0 Å². The normalized spacial score (nSPS) is 19.7. The van der Waals surface area contributed by atoms with Gasteiger partial charge >= 0.3 is 12.6 Å². The number of β-amino-alcohol motifs (C(OH)–C–C–N with tert-alkyl or cyclic N) is 1. The summed E-state index contributed by atoms with van der Waals surface area (Å²) < 4.78 is 34.5. The van der Waals surface area contributed by atoms with Crippen LogP contribution in [-0.2, 0) is 10.3 Å². The third kappa shape index (κ3) is 4.51. The van der Waals surface area contributed by atoms with Crippen molar-refractivity contribution in [2.45, 2.75) is 32.1 Å². The molecule has 2 atom stereocenters. The van der Waals surface area contributed by atoms with Crippen LogP contribution in [0.1, 0.15) is 18.1 Å². The van der Waals surface area contributed by atoms with Gasteiger partial charge in [-0.25, -0.2) is 4.79 Å². The van der Waals surface area contributed by atoms with E-state index in [9.17, 15) is 23.5 Å². The van der Waals surface area contributed by atoms with Gasteiger partial charge in [-0.2, -0.15) is 8.78 Å². The number of hydrogen-bond donors (Lipinski definition) is 2. The van der Waals surface area contributed by atoms with Gasteiger partial charge in [-0.05, 0) is 43.2 Å². The third-order valence-electron chi connectivity index (χ3n) is 4.85. The fourth-order valence-corrected chi connectivity index (χ4v) is 3.20. The summed E-state index contributed by atoms with van der Waals surface area (Å²) in [5.41, 5.74) is -0.0982. The molecule has 7 nitrogen and oxygen atoms in total. The summed E-state index contributed by atoms with van der Waals surface area (Å²) in [5.74, 6) is -0.0237. The Balaban J connectivity index is 1.65. The number of halogens is 2. The predicted molar refractivity (Wildman–Crippen MR) is 103 cm³/mol. The van der Waals surface area contributed by atoms with Crippen LogP contribution in [0.15, 0.2) is 48.5 Å². The molecule has 3 rings (SSSR count). The fraction of sp³-hybridized carbons (Fsp3) is 0.333. The number of para-hydroxylation sites is 1. The molecule has 1 saturated heterocycles. The number of imide groups is 1. The van der Waals surface area contributed by atoms with E-state index in [0.29, 0.717) is 11.3 Å². The highest BCUT2D eigenvalue weighted by Gasteiger charge is 2.49. The molecule has 0 aromatic heterocycles. The topological polar surface area (TPSA) is 88.1 Å². The molecule has 2 N–H and O–H groups in total. The second-order valence-corrected chi connectivity index (χ2v) is 7.10. The molecule has 30 heavy (non-hydrogen) atoms. The van der Waals surface area contributed by atoms with Crippen molar-refractivity contribution in [2.24, 2.45) is 0 Å². The molecular weight excluding hydrogens is 398 g/mol. The molecule has 1 aliphatic rings. The Bertz CT molecular complexity index is 922. The van der Waals surface area contributed by atoms with Crippen LogP contribution in [0.25, 0.3) is 0 Å². The zero-order valence-electron chi connectivity index (χ0n) is 16.5. The number of hydrogen-bond acceptors (Lipinski definition) is 5. The van der Waals surface area contributed by atoms with Crippen LogP contribution in [0.4, 0.5) is 13.6 Å². The first-order valence-corrected chi connectivity index (χ1v) is 9.26. The number of carbonyl (C=O) groups is 2. The number of alkyl halides is 2. The Labute approximate surface area is 172 Å². The van der Waals surface area contributed by atoms with Gasteiger partial charge in [0.05, 0.1) is 6.54 Å². The van der Waals surface area contributed by atoms with Crippen LogP contribution in [0.3, 0.4) is 0 Å². The van der Waals surface area contributed by atoms with E-state index in [-0.39, 0.29) is 18.9 Å². The molecule has 1 aliphatic heterocycles. The molecule has 0 radical (unpaired) electrons. The quantitative estimate of drug-likeness (QED) is 0.642. The maximum absolute atomic E-state index is 12.9. The highest BCUT2D eigenvalue weighted by Crippen LogP contribution is 2.30. The van der Waals surface area contributed by atoms with E-state index < -0.39 is 30.2 Å². The third-order valence-corrected chi connectivity index (χ3v) is 4.85. The molecule has 1 fully saturated rings. The van der Waals surface area contributed by atoms with Crippen molar-refractivity contribution in [3.63, 3.8) is 0 Å². The zero-order valence-corrected chi connectivity index (χ0v) is 16.5. The van der Waals surface area contributed by atoms with Gasteiger partial charge in [0.1, 0.15) is 29.7 Å². The van der Waals surface area contributed by atoms with Crippen LogP contribution in [0, 0.1) is 6.92 Å². The average molecular weight is 420 g/mol. The molecular formula is C21H22F2N2O5. The number of aliphatic hydroxyl groups is 1. The standard InChI is InChI=1S/C21H22F2N2O5/c1-13-5-3-4-6-17(13)29-12-15(26)11-25-18(27)21(2,24-20(25)28)14-7-9-16(10-8-14)30-19(22)23/h3-10,15,19,26H,11-12H2,1-2H3,(H,24,28)/t15-,21+/m0/s1. The van der Waals surface area contributed by atoms with E-state index >= 15 is 0 Å². The fourth-order valence-electron chi connectivity index (χ4n) is 3.20. The number of amides is 3. The average Bonchev–Trinajstić information content (AvgIpc) is 2.91. The number of aryl methyl sites for hydroxylation is 1. The Morgan fingerprint density at radius 2 is 1.80 bits per heavy atom. The first kappa shape index (κ1) is 21.5. The monoisotopic (exact) mass is 420 g/mol. The minimum atomic E-state index is -2.96. The van der Waals surface area contributed by atoms with Crippen molar-refractivity contribution in [3.8, 4) is 11.5 Å². The van der Waals surface area contributed by atoms with Crippen LogP contribution in [0.2, 0.25) is 0 Å². The Kier molecular flexibility index (Phi) is 6.21. The summed E-state index contributed by atoms with van der Waals surface area (Å²) in [7, 11) is 0. The summed E-state index contributed by atoms with van der Waals surface area (Å²) >= 11 is 0. The molecule has 160 valence electrons. The molecule has 3 amide bonds. The highest BCUT2D eigenvalue weighted by molar-refractivity contribution is 6.07. The minimum Gasteiger partial charge on any atom is -0.491 e. The molecule has 0 spiro atoms. The zero-order chi connectivity index (χ0) is 21.9. The minimum absolute atomic E-state index is 0.0604. The lowest BCUT2D eigenvalue weighted by atomic mass is 9.92. The summed E-state index contributed by atoms with van der Waals surface area (Å²) in [6.07, 6.45) is -1.09. The summed E-state index contributed by atoms with van der Waals surface area (Å²) in [5, 5.41) is 12.9. The summed E-state index contributed by atoms with van der Waals surface area (Å²) in [6.45, 7) is 0.0594. The van der Waals surface area contributed by atoms with Crippen LogP contribution in [0.5, 0.6) is 11.5 Å². The second-order valence-electron chi connectivity index (χ2n) is 7.10. The smallest absolute Gasteiger partial charge is 0.387 e. The van der Waals surface area contributed by atoms with E-state index in [1.54, 1.807) is 12.1 Å². The number of nitrogens with zero attached hydrogens (tertiary/aromatic N) is 1. The van der Waals surface area contributed by atoms with Crippen LogP contribution in [-0.4, -0.2) is 47.8 Å². The Hall–Kier alpha value is -3.20. The lowest BCUT2D eigenvalue weighted by molar-refractivity contribution is -0.132. The van der Waals surface area contributed by atoms with E-state index in [1.807, 2.05) is 19.1 Å². The van der Waals surface area contributed by atoms with Gasteiger partial charge in [0.25, 0.3) is 5.91 Å². The van der Waals surface area contributed by atoms with Gasteiger partial charge in [-0.3, -0.25) is 9.69 Å². The predicted octanol–water partition coefficient (Wildman–Crippen LogP) is 2.80. The number of nitrogens with one attached hydrogen (secondary N) is 1. The number of rotatable bonds is 8. The van der Waals surface area contributed by atoms with Crippen molar-refractivity contribution >= 4 is 11.9 Å². The molecule has 0 unspecified atom stereocenters. The van der Waals surface area contributed by atoms with Gasteiger partial charge in [0.15, 0.2) is 0 Å². The molecule has 0 bridgehead atoms. The highest BCUT2D eigenvalue weighted by atomic mass is 19.3. The number of benzene rings is 2. The van der Waals surface area contributed by atoms with E-state index in [0.717, 1.165) is 10.5 Å². The van der Waals surface area contributed by atoms with Crippen molar-refractivity contribution in [1.82, 2.24) is 10.2 Å². The largest absolute Gasteiger partial charge is 0.491 e. The maximum Gasteiger partial charge on any atom is 0.387 e. The van der Waals surface area contributed by atoms with Gasteiger partial charge < -0.3 is 19.9 Å². The molecule has 2 aromatic carbocycles. The number of carbonyl (C=O) groups excluding carboxylic acids is 2. The van der Waals surface area contributed by atoms with Gasteiger partial charge in [-0.15, -0.1) is 0 Å². The van der Waals surface area contributed by atoms with Crippen LogP contribution >= 0.6 is 0 Å². The molecule has 9 heteroatoms. The SMILES string of the molecule is Cc1ccccc1OC[C@@H](O)CN1C(=O)N[C@](C)(c2ccc(OC(F)F)cc2)C1=O. The number of ether oxygens (including phenoxy) is 2. The van der Waals surface area contributed by atoms with Gasteiger partial charge in [0.2, 0.25) is 0 Å². The van der Waals surface area contributed by atoms with E-state index in [4.69, 9.17) is 4.74 Å². The summed E-state index contributed by atoms with van der Waals surface area (Å²) in [4.78, 5) is 26.2. The molecule has 0 aliphatic carbocycles. The molecule has 0 saturated carbocycles. The maximum atomic E-state index is 12.9. The lowest BCUT2D eigenvalue weighted by Crippen LogP contribution is -2.42. The first-order chi connectivity index (χ1) is 14.2. The summed E-state index contributed by atoms with van der Waals surface area (Å²) in [6, 6.07) is 12.1. The Morgan fingerprint density at radius 3 is 2.43 bits per heavy atom. The first-order valence-electron chi connectivity index (χ1n) is 9.26. The van der Waals surface area contributed by atoms with Crippen molar-refractivity contribution < 1.29 is 33.0 Å². The Morgan fingerprint density at radius 1 is 1.13 bits per heavy atom. The van der Waals surface area contributed by atoms with E-state index in [1.165, 1.54) is 31.2 Å². The van der Waals surface area contributed by atoms with Crippen LogP contribution < -0.4 is 14.8 Å². The number of urea groups is 1. The van der Waals surface area contributed by atoms with Gasteiger partial charge in [0, 0.05) is 0 Å².